The first-order chi connectivity index (χ1) is 15.6. The topological polar surface area (TPSA) is 36.5 Å². The number of hydrogen-bond donors (Lipinski definition) is 0. The Balaban J connectivity index is 2.06. The lowest BCUT2D eigenvalue weighted by atomic mass is 9.85. The number of carbonyl (C=O) groups is 1. The summed E-state index contributed by atoms with van der Waals surface area (Å²) >= 11 is 0. The average molecular weight is 430 g/mol. The molecule has 4 nitrogen and oxygen atoms in total. The molecule has 0 N–H and O–H groups in total. The average Bonchev–Trinajstić information content (AvgIpc) is 2.84. The molecule has 1 aromatic carbocycles. The number of carbonyl (C=O) groups excluding carboxylic acids is 1. The molecule has 0 atom stereocenters. The van der Waals surface area contributed by atoms with Crippen molar-refractivity contribution in [3.05, 3.63) is 70.4 Å². The van der Waals surface area contributed by atoms with Crippen LogP contribution in [0, 0.1) is 0 Å². The van der Waals surface area contributed by atoms with Gasteiger partial charge in [0.15, 0.2) is 6.29 Å². The minimum Gasteiger partial charge on any atom is -0.456 e. The third kappa shape index (κ3) is 3.90. The lowest BCUT2D eigenvalue weighted by Gasteiger charge is -2.29. The van der Waals surface area contributed by atoms with Crippen molar-refractivity contribution in [3.63, 3.8) is 0 Å². The fourth-order valence-corrected chi connectivity index (χ4v) is 4.91. The van der Waals surface area contributed by atoms with Crippen molar-refractivity contribution >= 4 is 12.4 Å². The molecule has 0 unspecified atom stereocenters. The second kappa shape index (κ2) is 9.56. The van der Waals surface area contributed by atoms with Crippen molar-refractivity contribution in [3.8, 4) is 22.5 Å². The zero-order chi connectivity index (χ0) is 22.7. The highest BCUT2D eigenvalue weighted by molar-refractivity contribution is 5.95. The zero-order valence-corrected chi connectivity index (χ0v) is 19.6. The molecule has 4 heteroatoms. The molecule has 0 fully saturated rings. The summed E-state index contributed by atoms with van der Waals surface area (Å²) in [5, 5.41) is 1.16. The Morgan fingerprint density at radius 1 is 0.969 bits per heavy atom. The Labute approximate surface area is 190 Å². The van der Waals surface area contributed by atoms with Crippen LogP contribution in [0.2, 0.25) is 0 Å². The summed E-state index contributed by atoms with van der Waals surface area (Å²) in [6, 6.07) is 14.4. The van der Waals surface area contributed by atoms with E-state index >= 15 is 0 Å². The molecule has 0 spiro atoms. The van der Waals surface area contributed by atoms with Gasteiger partial charge in [-0.2, -0.15) is 0 Å². The quantitative estimate of drug-likeness (QED) is 0.377. The fourth-order valence-electron chi connectivity index (χ4n) is 4.91. The van der Waals surface area contributed by atoms with E-state index in [1.807, 2.05) is 18.2 Å². The molecule has 0 aromatic heterocycles. The minimum atomic E-state index is 0.716. The summed E-state index contributed by atoms with van der Waals surface area (Å²) in [4.78, 5) is 14.3. The normalized spacial score (nSPS) is 12.9. The summed E-state index contributed by atoms with van der Waals surface area (Å²) in [6.07, 6.45) is 5.05. The second-order valence-electron chi connectivity index (χ2n) is 8.19. The van der Waals surface area contributed by atoms with Gasteiger partial charge in [0.25, 0.3) is 0 Å². The smallest absolute Gasteiger partial charge is 0.203 e. The Hall–Kier alpha value is -3.14. The summed E-state index contributed by atoms with van der Waals surface area (Å²) in [5.74, 6) is 1.78. The molecule has 0 amide bonds. The van der Waals surface area contributed by atoms with Crippen LogP contribution < -0.4 is 9.93 Å². The Morgan fingerprint density at radius 3 is 2.41 bits per heavy atom. The largest absolute Gasteiger partial charge is 0.456 e. The number of aldehydes is 1. The first-order valence-corrected chi connectivity index (χ1v) is 11.8. The highest BCUT2D eigenvalue weighted by Crippen LogP contribution is 2.42. The molecule has 0 saturated heterocycles. The van der Waals surface area contributed by atoms with Crippen LogP contribution in [0.3, 0.4) is 0 Å². The van der Waals surface area contributed by atoms with Gasteiger partial charge in [-0.25, -0.2) is 4.58 Å². The fraction of sp³-hybridized carbons (Fsp3) is 0.357. The van der Waals surface area contributed by atoms with Gasteiger partial charge >= 0.3 is 0 Å². The van der Waals surface area contributed by atoms with E-state index in [0.717, 1.165) is 78.9 Å². The van der Waals surface area contributed by atoms with Crippen LogP contribution in [0.15, 0.2) is 52.6 Å². The van der Waals surface area contributed by atoms with Gasteiger partial charge in [-0.05, 0) is 52.2 Å². The van der Waals surface area contributed by atoms with Crippen LogP contribution in [0.5, 0.6) is 0 Å². The second-order valence-corrected chi connectivity index (χ2v) is 8.19. The molecular formula is C28H33N2O2+. The van der Waals surface area contributed by atoms with Crippen molar-refractivity contribution in [1.29, 1.82) is 0 Å². The van der Waals surface area contributed by atoms with E-state index in [-0.39, 0.29) is 0 Å². The van der Waals surface area contributed by atoms with Gasteiger partial charge in [0, 0.05) is 53.2 Å². The van der Waals surface area contributed by atoms with Crippen molar-refractivity contribution in [2.75, 3.05) is 26.2 Å². The maximum atomic E-state index is 11.9. The van der Waals surface area contributed by atoms with E-state index in [4.69, 9.17) is 4.42 Å². The molecule has 2 aliphatic carbocycles. The maximum Gasteiger partial charge on any atom is 0.203 e. The summed E-state index contributed by atoms with van der Waals surface area (Å²) in [5.41, 5.74) is 6.40. The van der Waals surface area contributed by atoms with E-state index in [0.29, 0.717) is 5.56 Å². The van der Waals surface area contributed by atoms with E-state index < -0.39 is 0 Å². The number of rotatable bonds is 7. The van der Waals surface area contributed by atoms with E-state index in [1.54, 1.807) is 0 Å². The molecule has 0 bridgehead atoms. The number of hydrogen-bond acceptors (Lipinski definition) is 3. The van der Waals surface area contributed by atoms with Gasteiger partial charge in [-0.3, -0.25) is 4.79 Å². The standard InChI is InChI=1S/C28H33N2O2/c1-5-29(6-2)21-13-15-24-26(17-21)32-27-18-22(30(7-3)8-4)14-16-25(27)28(24)23-12-10-9-11-20(23)19-31/h9-13,15,17-19H,5-8,14,16H2,1-4H3/q+1. The SMILES string of the molecule is CCN(CC)C1=Cc2oc3cc(=[N+](CC)CC)ccc-3c(-c3ccccc3C=O)c2CC1. The number of nitrogens with zero attached hydrogens (tertiary/aromatic N) is 2. The molecule has 4 rings (SSSR count). The molecule has 166 valence electrons. The molecule has 0 radical (unpaired) electrons. The number of fused-ring (bicyclic) bond motifs is 2. The lowest BCUT2D eigenvalue weighted by Crippen LogP contribution is -2.29. The minimum absolute atomic E-state index is 0.716. The Kier molecular flexibility index (Phi) is 6.59. The van der Waals surface area contributed by atoms with E-state index in [9.17, 15) is 4.79 Å². The van der Waals surface area contributed by atoms with Crippen LogP contribution in [0.4, 0.5) is 0 Å². The van der Waals surface area contributed by atoms with Crippen LogP contribution >= 0.6 is 0 Å². The highest BCUT2D eigenvalue weighted by atomic mass is 16.3. The summed E-state index contributed by atoms with van der Waals surface area (Å²) in [7, 11) is 0. The van der Waals surface area contributed by atoms with Crippen LogP contribution in [0.25, 0.3) is 28.5 Å². The van der Waals surface area contributed by atoms with Crippen LogP contribution in [-0.4, -0.2) is 37.4 Å². The Morgan fingerprint density at radius 2 is 1.72 bits per heavy atom. The van der Waals surface area contributed by atoms with Crippen molar-refractivity contribution in [2.24, 2.45) is 0 Å². The molecule has 0 saturated carbocycles. The summed E-state index contributed by atoms with van der Waals surface area (Å²) < 4.78 is 8.88. The molecular weight excluding hydrogens is 396 g/mol. The van der Waals surface area contributed by atoms with E-state index in [1.165, 1.54) is 11.3 Å². The molecule has 32 heavy (non-hydrogen) atoms. The molecule has 1 aromatic rings. The highest BCUT2D eigenvalue weighted by Gasteiger charge is 2.26. The zero-order valence-electron chi connectivity index (χ0n) is 19.6. The van der Waals surface area contributed by atoms with Gasteiger partial charge in [0.2, 0.25) is 5.36 Å². The van der Waals surface area contributed by atoms with Gasteiger partial charge in [-0.15, -0.1) is 0 Å². The van der Waals surface area contributed by atoms with Crippen molar-refractivity contribution < 1.29 is 9.21 Å². The van der Waals surface area contributed by atoms with Gasteiger partial charge in [0.1, 0.15) is 24.6 Å². The van der Waals surface area contributed by atoms with Gasteiger partial charge in [-0.1, -0.05) is 24.3 Å². The number of benzene rings is 2. The van der Waals surface area contributed by atoms with Crippen molar-refractivity contribution in [1.82, 2.24) is 9.48 Å². The third-order valence-electron chi connectivity index (χ3n) is 6.64. The lowest BCUT2D eigenvalue weighted by molar-refractivity contribution is 0.112. The number of allylic oxidation sites excluding steroid dienone is 1. The van der Waals surface area contributed by atoms with Crippen molar-refractivity contribution in [2.45, 2.75) is 40.5 Å². The maximum absolute atomic E-state index is 11.9. The Bertz CT molecular complexity index is 1190. The molecule has 1 aliphatic heterocycles. The molecule has 3 aliphatic rings. The first kappa shape index (κ1) is 22.1. The van der Waals surface area contributed by atoms with Crippen LogP contribution in [-0.2, 0) is 6.42 Å². The predicted molar refractivity (Wildman–Crippen MR) is 132 cm³/mol. The summed E-state index contributed by atoms with van der Waals surface area (Å²) in [6.45, 7) is 12.6. The monoisotopic (exact) mass is 429 g/mol. The first-order valence-electron chi connectivity index (χ1n) is 11.8. The van der Waals surface area contributed by atoms with E-state index in [2.05, 4.69) is 67.5 Å². The predicted octanol–water partition coefficient (Wildman–Crippen LogP) is 5.30. The van der Waals surface area contributed by atoms with Gasteiger partial charge < -0.3 is 9.32 Å². The van der Waals surface area contributed by atoms with Gasteiger partial charge in [0.05, 0.1) is 6.07 Å². The molecule has 1 heterocycles. The third-order valence-corrected chi connectivity index (χ3v) is 6.64. The van der Waals surface area contributed by atoms with Crippen LogP contribution in [0.1, 0.15) is 55.8 Å².